The van der Waals surface area contributed by atoms with Gasteiger partial charge in [-0.1, -0.05) is 54.6 Å². The van der Waals surface area contributed by atoms with Crippen LogP contribution in [-0.4, -0.2) is 18.7 Å². The summed E-state index contributed by atoms with van der Waals surface area (Å²) in [5.74, 6) is 0. The van der Waals surface area contributed by atoms with Crippen LogP contribution < -0.4 is 4.90 Å². The maximum Gasteiger partial charge on any atom is 0.0583 e. The molecule has 4 aromatic rings. The molecular weight excluding hydrogens is 280 g/mol. The highest BCUT2D eigenvalue weighted by atomic mass is 15.1. The van der Waals surface area contributed by atoms with E-state index in [4.69, 9.17) is 0 Å². The van der Waals surface area contributed by atoms with E-state index in [1.165, 1.54) is 38.6 Å². The van der Waals surface area contributed by atoms with E-state index >= 15 is 0 Å². The predicted octanol–water partition coefficient (Wildman–Crippen LogP) is 5.06. The van der Waals surface area contributed by atoms with E-state index in [0.717, 1.165) is 0 Å². The number of aryl methyl sites for hydroxylation is 1. The number of hydrogen-bond acceptors (Lipinski definition) is 1. The predicted molar refractivity (Wildman–Crippen MR) is 100 cm³/mol. The van der Waals surface area contributed by atoms with Crippen molar-refractivity contribution < 1.29 is 0 Å². The third-order valence-corrected chi connectivity index (χ3v) is 4.57. The van der Waals surface area contributed by atoms with Gasteiger partial charge in [-0.2, -0.15) is 0 Å². The van der Waals surface area contributed by atoms with Crippen LogP contribution in [0.1, 0.15) is 0 Å². The van der Waals surface area contributed by atoms with Gasteiger partial charge in [-0.05, 0) is 23.1 Å². The molecule has 1 aromatic heterocycles. The molecular formula is C21H20N2. The minimum atomic E-state index is 1.25. The van der Waals surface area contributed by atoms with Crippen LogP contribution in [-0.2, 0) is 7.05 Å². The summed E-state index contributed by atoms with van der Waals surface area (Å²) in [6, 6.07) is 23.8. The van der Waals surface area contributed by atoms with Crippen molar-refractivity contribution >= 4 is 27.4 Å². The second-order valence-electron chi connectivity index (χ2n) is 6.23. The Morgan fingerprint density at radius 2 is 1.52 bits per heavy atom. The fraction of sp³-hybridized carbons (Fsp3) is 0.143. The van der Waals surface area contributed by atoms with Crippen LogP contribution in [0.2, 0.25) is 0 Å². The Morgan fingerprint density at radius 1 is 0.783 bits per heavy atom. The van der Waals surface area contributed by atoms with Crippen molar-refractivity contribution in [1.29, 1.82) is 0 Å². The van der Waals surface area contributed by atoms with Gasteiger partial charge in [0.2, 0.25) is 0 Å². The zero-order chi connectivity index (χ0) is 16.0. The largest absolute Gasteiger partial charge is 0.377 e. The lowest BCUT2D eigenvalue weighted by Crippen LogP contribution is -2.09. The molecule has 0 unspecified atom stereocenters. The van der Waals surface area contributed by atoms with E-state index < -0.39 is 0 Å². The molecule has 2 heteroatoms. The van der Waals surface area contributed by atoms with E-state index in [1.807, 2.05) is 0 Å². The third kappa shape index (κ3) is 2.10. The average molecular weight is 300 g/mol. The molecule has 0 saturated heterocycles. The first kappa shape index (κ1) is 13.9. The lowest BCUT2D eigenvalue weighted by Gasteiger charge is -2.17. The number of aromatic nitrogens is 1. The molecule has 2 nitrogen and oxygen atoms in total. The monoisotopic (exact) mass is 300 g/mol. The highest BCUT2D eigenvalue weighted by Crippen LogP contribution is 2.36. The second-order valence-corrected chi connectivity index (χ2v) is 6.23. The van der Waals surface area contributed by atoms with Crippen molar-refractivity contribution in [2.75, 3.05) is 19.0 Å². The van der Waals surface area contributed by atoms with Crippen molar-refractivity contribution in [2.45, 2.75) is 0 Å². The van der Waals surface area contributed by atoms with Gasteiger partial charge in [0.15, 0.2) is 0 Å². The SMILES string of the molecule is CN(C)c1cccc2ccc3cc(-c4ccccc4)n(C)c3c12. The summed E-state index contributed by atoms with van der Waals surface area (Å²) < 4.78 is 2.32. The molecule has 0 N–H and O–H groups in total. The van der Waals surface area contributed by atoms with Gasteiger partial charge >= 0.3 is 0 Å². The quantitative estimate of drug-likeness (QED) is 0.502. The zero-order valence-electron chi connectivity index (χ0n) is 13.7. The van der Waals surface area contributed by atoms with Crippen LogP contribution >= 0.6 is 0 Å². The van der Waals surface area contributed by atoms with Gasteiger partial charge in [-0.3, -0.25) is 0 Å². The molecule has 0 aliphatic rings. The van der Waals surface area contributed by atoms with E-state index in [2.05, 4.69) is 97.3 Å². The summed E-state index contributed by atoms with van der Waals surface area (Å²) in [7, 11) is 6.37. The second kappa shape index (κ2) is 5.17. The maximum atomic E-state index is 2.32. The highest BCUT2D eigenvalue weighted by Gasteiger charge is 2.13. The van der Waals surface area contributed by atoms with Crippen LogP contribution in [0.3, 0.4) is 0 Å². The Morgan fingerprint density at radius 3 is 2.26 bits per heavy atom. The van der Waals surface area contributed by atoms with E-state index in [0.29, 0.717) is 0 Å². The summed E-state index contributed by atoms with van der Waals surface area (Å²) in [6.07, 6.45) is 0. The third-order valence-electron chi connectivity index (χ3n) is 4.57. The topological polar surface area (TPSA) is 8.17 Å². The molecule has 0 radical (unpaired) electrons. The van der Waals surface area contributed by atoms with Gasteiger partial charge in [0.05, 0.1) is 5.52 Å². The first-order chi connectivity index (χ1) is 11.2. The van der Waals surface area contributed by atoms with Gasteiger partial charge in [-0.15, -0.1) is 0 Å². The van der Waals surface area contributed by atoms with Crippen molar-refractivity contribution in [3.8, 4) is 11.3 Å². The molecule has 23 heavy (non-hydrogen) atoms. The number of nitrogens with zero attached hydrogens (tertiary/aromatic N) is 2. The Hall–Kier alpha value is -2.74. The normalized spacial score (nSPS) is 11.3. The van der Waals surface area contributed by atoms with Crippen LogP contribution in [0.5, 0.6) is 0 Å². The molecule has 0 aliphatic heterocycles. The summed E-state index contributed by atoms with van der Waals surface area (Å²) in [4.78, 5) is 2.19. The van der Waals surface area contributed by atoms with E-state index in [1.54, 1.807) is 0 Å². The highest BCUT2D eigenvalue weighted by molar-refractivity contribution is 6.13. The van der Waals surface area contributed by atoms with Gasteiger partial charge in [0.25, 0.3) is 0 Å². The van der Waals surface area contributed by atoms with Crippen molar-refractivity contribution in [3.05, 3.63) is 66.7 Å². The summed E-state index contributed by atoms with van der Waals surface area (Å²) >= 11 is 0. The molecule has 0 spiro atoms. The molecule has 0 saturated carbocycles. The van der Waals surface area contributed by atoms with Crippen LogP contribution in [0.15, 0.2) is 66.7 Å². The molecule has 0 atom stereocenters. The number of hydrogen-bond donors (Lipinski definition) is 0. The lowest BCUT2D eigenvalue weighted by atomic mass is 10.0. The molecule has 3 aromatic carbocycles. The smallest absolute Gasteiger partial charge is 0.0583 e. The molecule has 0 fully saturated rings. The number of fused-ring (bicyclic) bond motifs is 3. The van der Waals surface area contributed by atoms with Crippen LogP contribution in [0.25, 0.3) is 32.9 Å². The standard InChI is InChI=1S/C21H20N2/c1-22(2)18-11-7-10-16-12-13-17-14-19(15-8-5-4-6-9-15)23(3)21(17)20(16)18/h4-14H,1-3H3. The van der Waals surface area contributed by atoms with Crippen molar-refractivity contribution in [3.63, 3.8) is 0 Å². The Labute approximate surface area is 136 Å². The molecule has 0 aliphatic carbocycles. The molecule has 114 valence electrons. The first-order valence-corrected chi connectivity index (χ1v) is 7.91. The molecule has 1 heterocycles. The summed E-state index contributed by atoms with van der Waals surface area (Å²) in [5.41, 5.74) is 5.06. The maximum absolute atomic E-state index is 2.32. The van der Waals surface area contributed by atoms with Crippen molar-refractivity contribution in [2.24, 2.45) is 7.05 Å². The Bertz CT molecular complexity index is 995. The summed E-state index contributed by atoms with van der Waals surface area (Å²) in [5, 5.41) is 3.89. The zero-order valence-corrected chi connectivity index (χ0v) is 13.7. The lowest BCUT2D eigenvalue weighted by molar-refractivity contribution is 0.981. The minimum absolute atomic E-state index is 1.25. The fourth-order valence-electron chi connectivity index (χ4n) is 3.46. The van der Waals surface area contributed by atoms with Crippen molar-refractivity contribution in [1.82, 2.24) is 4.57 Å². The molecule has 0 bridgehead atoms. The molecule has 4 rings (SSSR count). The number of benzene rings is 3. The van der Waals surface area contributed by atoms with Crippen LogP contribution in [0.4, 0.5) is 5.69 Å². The Kier molecular flexibility index (Phi) is 3.12. The number of anilines is 1. The fourth-order valence-corrected chi connectivity index (χ4v) is 3.46. The van der Waals surface area contributed by atoms with Gasteiger partial charge in [-0.25, -0.2) is 0 Å². The number of rotatable bonds is 2. The van der Waals surface area contributed by atoms with Gasteiger partial charge in [0, 0.05) is 43.3 Å². The molecule has 0 amide bonds. The minimum Gasteiger partial charge on any atom is -0.377 e. The van der Waals surface area contributed by atoms with E-state index in [9.17, 15) is 0 Å². The van der Waals surface area contributed by atoms with Gasteiger partial charge in [0.1, 0.15) is 0 Å². The first-order valence-electron chi connectivity index (χ1n) is 7.91. The Balaban J connectivity index is 2.13. The van der Waals surface area contributed by atoms with Crippen LogP contribution in [0, 0.1) is 0 Å². The average Bonchev–Trinajstić information content (AvgIpc) is 2.92. The summed E-state index contributed by atoms with van der Waals surface area (Å²) in [6.45, 7) is 0. The van der Waals surface area contributed by atoms with Gasteiger partial charge < -0.3 is 9.47 Å². The van der Waals surface area contributed by atoms with E-state index in [-0.39, 0.29) is 0 Å².